The van der Waals surface area contributed by atoms with Crippen LogP contribution in [0.25, 0.3) is 11.6 Å². The number of thiazole rings is 1. The Morgan fingerprint density at radius 3 is 2.70 bits per heavy atom. The average molecular weight is 513 g/mol. The number of halogens is 4. The molecule has 0 spiro atoms. The zero-order chi connectivity index (χ0) is 18.6. The van der Waals surface area contributed by atoms with Crippen LogP contribution < -0.4 is 10.6 Å². The Morgan fingerprint density at radius 1 is 1.30 bits per heavy atom. The first-order valence-electron chi connectivity index (χ1n) is 7.37. The number of hydrogen-bond donors (Lipinski definition) is 3. The Hall–Kier alpha value is -2.16. The number of nitrogens with zero attached hydrogens (tertiary/aromatic N) is 4. The third kappa shape index (κ3) is 5.66. The fourth-order valence-corrected chi connectivity index (χ4v) is 2.70. The van der Waals surface area contributed by atoms with E-state index >= 15 is 0 Å². The van der Waals surface area contributed by atoms with Crippen molar-refractivity contribution in [1.82, 2.24) is 30.8 Å². The van der Waals surface area contributed by atoms with Gasteiger partial charge in [0.2, 0.25) is 5.82 Å². The number of aromatic amines is 1. The highest BCUT2D eigenvalue weighted by atomic mass is 127. The van der Waals surface area contributed by atoms with E-state index in [0.29, 0.717) is 34.9 Å². The number of nitrogens with one attached hydrogen (secondary N) is 3. The second-order valence-corrected chi connectivity index (χ2v) is 5.93. The zero-order valence-electron chi connectivity index (χ0n) is 13.9. The molecule has 0 bridgehead atoms. The third-order valence-electron chi connectivity index (χ3n) is 3.17. The van der Waals surface area contributed by atoms with E-state index < -0.39 is 11.9 Å². The molecule has 0 saturated heterocycles. The number of aromatic nitrogens is 4. The van der Waals surface area contributed by atoms with Crippen LogP contribution in [0.3, 0.4) is 0 Å². The fourth-order valence-electron chi connectivity index (χ4n) is 1.96. The van der Waals surface area contributed by atoms with Crippen LogP contribution in [0, 0.1) is 0 Å². The number of hydrogen-bond acceptors (Lipinski definition) is 6. The van der Waals surface area contributed by atoms with Crippen LogP contribution in [0.2, 0.25) is 0 Å². The van der Waals surface area contributed by atoms with Gasteiger partial charge in [-0.25, -0.2) is 9.97 Å². The molecule has 0 fully saturated rings. The maximum Gasteiger partial charge on any atom is 0.434 e. The van der Waals surface area contributed by atoms with Gasteiger partial charge in [0.15, 0.2) is 17.4 Å². The molecule has 3 aromatic heterocycles. The number of guanidine groups is 1. The van der Waals surface area contributed by atoms with E-state index in [-0.39, 0.29) is 30.5 Å². The van der Waals surface area contributed by atoms with E-state index in [4.69, 9.17) is 4.42 Å². The third-order valence-corrected chi connectivity index (χ3v) is 4.02. The molecule has 0 aliphatic heterocycles. The summed E-state index contributed by atoms with van der Waals surface area (Å²) in [6.45, 7) is 0.410. The Bertz CT molecular complexity index is 876. The predicted molar refractivity (Wildman–Crippen MR) is 104 cm³/mol. The van der Waals surface area contributed by atoms with E-state index in [2.05, 4.69) is 35.8 Å². The standard InChI is InChI=1S/C14H14F3N7OS.HI/c1-18-13(20-6-11-21-9(7-26-11)14(15,16)17)19-5-10-22-12(24-23-10)8-3-2-4-25-8;/h2-4,7H,5-6H2,1H3,(H2,18,19,20)(H,22,23,24);1H. The van der Waals surface area contributed by atoms with Gasteiger partial charge in [-0.15, -0.1) is 40.4 Å². The van der Waals surface area contributed by atoms with Gasteiger partial charge in [-0.05, 0) is 12.1 Å². The Kier molecular flexibility index (Phi) is 7.18. The molecule has 0 amide bonds. The SMILES string of the molecule is CN=C(NCc1nc(-c2ccco2)n[nH]1)NCc1nc(C(F)(F)F)cs1.I. The largest absolute Gasteiger partial charge is 0.461 e. The lowest BCUT2D eigenvalue weighted by molar-refractivity contribution is -0.140. The summed E-state index contributed by atoms with van der Waals surface area (Å²) in [4.78, 5) is 11.8. The Morgan fingerprint density at radius 2 is 2.07 bits per heavy atom. The van der Waals surface area contributed by atoms with Crippen molar-refractivity contribution >= 4 is 41.3 Å². The first-order chi connectivity index (χ1) is 12.5. The highest BCUT2D eigenvalue weighted by molar-refractivity contribution is 14.0. The lowest BCUT2D eigenvalue weighted by Crippen LogP contribution is -2.36. The van der Waals surface area contributed by atoms with Gasteiger partial charge in [0.05, 0.1) is 19.4 Å². The summed E-state index contributed by atoms with van der Waals surface area (Å²) in [5, 5.41) is 14.0. The normalized spacial score (nSPS) is 11.9. The summed E-state index contributed by atoms with van der Waals surface area (Å²) in [5.74, 6) is 1.91. The monoisotopic (exact) mass is 513 g/mol. The smallest absolute Gasteiger partial charge is 0.434 e. The number of furan rings is 1. The van der Waals surface area contributed by atoms with Crippen molar-refractivity contribution in [3.8, 4) is 11.6 Å². The topological polar surface area (TPSA) is 104 Å². The molecule has 3 rings (SSSR count). The summed E-state index contributed by atoms with van der Waals surface area (Å²) < 4.78 is 42.8. The molecule has 0 unspecified atom stereocenters. The summed E-state index contributed by atoms with van der Waals surface area (Å²) >= 11 is 0.930. The minimum atomic E-state index is -4.44. The number of alkyl halides is 3. The van der Waals surface area contributed by atoms with Gasteiger partial charge in [-0.1, -0.05) is 0 Å². The molecule has 0 aliphatic carbocycles. The molecule has 0 aromatic carbocycles. The second kappa shape index (κ2) is 9.16. The molecule has 13 heteroatoms. The van der Waals surface area contributed by atoms with Crippen LogP contribution in [0.1, 0.15) is 16.5 Å². The van der Waals surface area contributed by atoms with Gasteiger partial charge in [0, 0.05) is 12.4 Å². The van der Waals surface area contributed by atoms with E-state index in [0.717, 1.165) is 16.7 Å². The molecule has 8 nitrogen and oxygen atoms in total. The molecule has 27 heavy (non-hydrogen) atoms. The van der Waals surface area contributed by atoms with Crippen molar-refractivity contribution in [3.05, 3.63) is 40.3 Å². The molecule has 0 saturated carbocycles. The van der Waals surface area contributed by atoms with Crippen LogP contribution in [0.15, 0.2) is 33.2 Å². The van der Waals surface area contributed by atoms with Crippen molar-refractivity contribution in [2.75, 3.05) is 7.05 Å². The summed E-state index contributed by atoms with van der Waals surface area (Å²) in [6, 6.07) is 3.47. The van der Waals surface area contributed by atoms with Crippen LogP contribution in [0.4, 0.5) is 13.2 Å². The van der Waals surface area contributed by atoms with Gasteiger partial charge in [0.25, 0.3) is 0 Å². The molecular weight excluding hydrogens is 498 g/mol. The molecular formula is C14H15F3IN7OS. The Labute approximate surface area is 172 Å². The molecule has 0 aliphatic rings. The summed E-state index contributed by atoms with van der Waals surface area (Å²) in [7, 11) is 1.55. The van der Waals surface area contributed by atoms with Crippen LogP contribution in [0.5, 0.6) is 0 Å². The quantitative estimate of drug-likeness (QED) is 0.276. The lowest BCUT2D eigenvalue weighted by atomic mass is 10.4. The highest BCUT2D eigenvalue weighted by Crippen LogP contribution is 2.29. The predicted octanol–water partition coefficient (Wildman–Crippen LogP) is 3.02. The minimum absolute atomic E-state index is 0. The van der Waals surface area contributed by atoms with Crippen molar-refractivity contribution in [2.24, 2.45) is 4.99 Å². The first-order valence-corrected chi connectivity index (χ1v) is 8.25. The first kappa shape index (κ1) is 21.1. The van der Waals surface area contributed by atoms with Crippen molar-refractivity contribution in [2.45, 2.75) is 19.3 Å². The lowest BCUT2D eigenvalue weighted by Gasteiger charge is -2.09. The second-order valence-electron chi connectivity index (χ2n) is 4.99. The summed E-state index contributed by atoms with van der Waals surface area (Å²) in [5.41, 5.74) is -0.894. The van der Waals surface area contributed by atoms with Crippen LogP contribution in [-0.4, -0.2) is 33.2 Å². The molecule has 3 N–H and O–H groups in total. The van der Waals surface area contributed by atoms with Crippen molar-refractivity contribution in [3.63, 3.8) is 0 Å². The maximum absolute atomic E-state index is 12.5. The van der Waals surface area contributed by atoms with Gasteiger partial charge in [-0.3, -0.25) is 10.1 Å². The summed E-state index contributed by atoms with van der Waals surface area (Å²) in [6.07, 6.45) is -2.91. The van der Waals surface area contributed by atoms with E-state index in [1.165, 1.54) is 6.26 Å². The number of rotatable bonds is 5. The van der Waals surface area contributed by atoms with Crippen LogP contribution in [-0.2, 0) is 19.3 Å². The van der Waals surface area contributed by atoms with E-state index in [9.17, 15) is 13.2 Å². The maximum atomic E-state index is 12.5. The average Bonchev–Trinajstić information content (AvgIpc) is 3.35. The minimum Gasteiger partial charge on any atom is -0.461 e. The van der Waals surface area contributed by atoms with E-state index in [1.54, 1.807) is 19.2 Å². The molecule has 0 atom stereocenters. The molecule has 3 heterocycles. The van der Waals surface area contributed by atoms with Gasteiger partial charge >= 0.3 is 6.18 Å². The van der Waals surface area contributed by atoms with Crippen molar-refractivity contribution in [1.29, 1.82) is 0 Å². The van der Waals surface area contributed by atoms with Crippen molar-refractivity contribution < 1.29 is 17.6 Å². The fraction of sp³-hybridized carbons (Fsp3) is 0.286. The zero-order valence-corrected chi connectivity index (χ0v) is 17.0. The van der Waals surface area contributed by atoms with Gasteiger partial charge in [0.1, 0.15) is 10.8 Å². The van der Waals surface area contributed by atoms with Crippen LogP contribution >= 0.6 is 35.3 Å². The molecule has 3 aromatic rings. The highest BCUT2D eigenvalue weighted by Gasteiger charge is 2.33. The molecule has 0 radical (unpaired) electrons. The Balaban J connectivity index is 0.00000261. The number of H-pyrrole nitrogens is 1. The number of aliphatic imine (C=N–C) groups is 1. The van der Waals surface area contributed by atoms with Gasteiger partial charge in [-0.2, -0.15) is 13.2 Å². The molecule has 146 valence electrons. The van der Waals surface area contributed by atoms with Gasteiger partial charge < -0.3 is 15.1 Å². The van der Waals surface area contributed by atoms with E-state index in [1.807, 2.05) is 0 Å².